The van der Waals surface area contributed by atoms with Crippen LogP contribution in [0, 0.1) is 0 Å². The second-order valence-electron chi connectivity index (χ2n) is 7.88. The van der Waals surface area contributed by atoms with Gasteiger partial charge in [0.15, 0.2) is 5.76 Å². The van der Waals surface area contributed by atoms with Crippen LogP contribution in [0.15, 0.2) is 65.6 Å². The first-order chi connectivity index (χ1) is 17.7. The summed E-state index contributed by atoms with van der Waals surface area (Å²) in [4.78, 5) is 25.4. The molecule has 0 radical (unpaired) electrons. The van der Waals surface area contributed by atoms with Crippen LogP contribution in [0.25, 0.3) is 22.5 Å². The maximum atomic E-state index is 14.6. The first kappa shape index (κ1) is 24.8. The number of ketones is 1. The highest BCUT2D eigenvalue weighted by molar-refractivity contribution is 6.35. The first-order valence-electron chi connectivity index (χ1n) is 10.7. The summed E-state index contributed by atoms with van der Waals surface area (Å²) in [6.45, 7) is -0.274. The molecule has 5 aromatic rings. The fourth-order valence-corrected chi connectivity index (χ4v) is 4.48. The summed E-state index contributed by atoms with van der Waals surface area (Å²) in [7, 11) is 1.38. The minimum Gasteiger partial charge on any atom is -0.497 e. The van der Waals surface area contributed by atoms with Gasteiger partial charge < -0.3 is 13.7 Å². The van der Waals surface area contributed by atoms with Crippen molar-refractivity contribution in [1.82, 2.24) is 19.5 Å². The molecule has 0 unspecified atom stereocenters. The maximum absolute atomic E-state index is 14.6. The third-order valence-electron chi connectivity index (χ3n) is 5.64. The third-order valence-corrected chi connectivity index (χ3v) is 6.23. The Bertz CT molecular complexity index is 1630. The molecule has 0 amide bonds. The number of aromatic nitrogens is 4. The lowest BCUT2D eigenvalue weighted by atomic mass is 10.0. The van der Waals surface area contributed by atoms with E-state index in [-0.39, 0.29) is 45.6 Å². The minimum absolute atomic E-state index is 0.0294. The SMILES string of the molecule is COc1ccc2c(c1)c(C(=O)c1cnc(-c3ccncn3)o1)c(C(F)(F)F)n2Cc1ccc(Cl)cc1Cl. The number of fused-ring (bicyclic) bond motifs is 1. The van der Waals surface area contributed by atoms with E-state index in [0.717, 1.165) is 10.8 Å². The summed E-state index contributed by atoms with van der Waals surface area (Å²) < 4.78 is 55.6. The molecule has 3 heterocycles. The molecule has 7 nitrogen and oxygen atoms in total. The molecule has 188 valence electrons. The summed E-state index contributed by atoms with van der Waals surface area (Å²) in [5.74, 6) is -1.14. The van der Waals surface area contributed by atoms with Crippen LogP contribution in [0.2, 0.25) is 10.0 Å². The maximum Gasteiger partial charge on any atom is 0.432 e. The number of halogens is 5. The van der Waals surface area contributed by atoms with Gasteiger partial charge in [-0.1, -0.05) is 29.3 Å². The topological polar surface area (TPSA) is 83.0 Å². The highest BCUT2D eigenvalue weighted by atomic mass is 35.5. The van der Waals surface area contributed by atoms with Crippen molar-refractivity contribution < 1.29 is 27.1 Å². The summed E-state index contributed by atoms with van der Waals surface area (Å²) in [6.07, 6.45) is -1.15. The van der Waals surface area contributed by atoms with Gasteiger partial charge in [0, 0.05) is 33.7 Å². The summed E-state index contributed by atoms with van der Waals surface area (Å²) >= 11 is 12.2. The zero-order chi connectivity index (χ0) is 26.3. The lowest BCUT2D eigenvalue weighted by Crippen LogP contribution is -2.18. The number of oxazole rings is 1. The summed E-state index contributed by atoms with van der Waals surface area (Å²) in [5.41, 5.74) is -0.956. The van der Waals surface area contributed by atoms with Crippen molar-refractivity contribution in [2.75, 3.05) is 7.11 Å². The van der Waals surface area contributed by atoms with Crippen LogP contribution >= 0.6 is 23.2 Å². The second kappa shape index (κ2) is 9.53. The number of ether oxygens (including phenoxy) is 1. The fraction of sp³-hybridized carbons (Fsp3) is 0.120. The van der Waals surface area contributed by atoms with E-state index in [4.69, 9.17) is 32.4 Å². The molecule has 3 aromatic heterocycles. The number of carbonyl (C=O) groups is 1. The number of methoxy groups -OCH3 is 1. The van der Waals surface area contributed by atoms with Crippen LogP contribution in [0.3, 0.4) is 0 Å². The normalized spacial score (nSPS) is 11.7. The summed E-state index contributed by atoms with van der Waals surface area (Å²) in [6, 6.07) is 10.3. The van der Waals surface area contributed by atoms with Gasteiger partial charge in [-0.15, -0.1) is 0 Å². The van der Waals surface area contributed by atoms with E-state index in [1.807, 2.05) is 0 Å². The van der Waals surface area contributed by atoms with Gasteiger partial charge in [-0.25, -0.2) is 15.0 Å². The van der Waals surface area contributed by atoms with E-state index < -0.39 is 23.2 Å². The number of carbonyl (C=O) groups excluding carboxylic acids is 1. The Labute approximate surface area is 217 Å². The van der Waals surface area contributed by atoms with E-state index in [0.29, 0.717) is 10.6 Å². The van der Waals surface area contributed by atoms with Crippen LogP contribution in [-0.2, 0) is 12.7 Å². The molecular weight excluding hydrogens is 532 g/mol. The van der Waals surface area contributed by atoms with Gasteiger partial charge in [0.05, 0.1) is 18.9 Å². The van der Waals surface area contributed by atoms with Crippen molar-refractivity contribution in [2.45, 2.75) is 12.7 Å². The van der Waals surface area contributed by atoms with Gasteiger partial charge >= 0.3 is 6.18 Å². The van der Waals surface area contributed by atoms with Crippen LogP contribution in [0.5, 0.6) is 5.75 Å². The molecular formula is C25H15Cl2F3N4O3. The smallest absolute Gasteiger partial charge is 0.432 e. The number of hydrogen-bond donors (Lipinski definition) is 0. The number of benzene rings is 2. The molecule has 0 spiro atoms. The van der Waals surface area contributed by atoms with Gasteiger partial charge in [-0.05, 0) is 42.0 Å². The quantitative estimate of drug-likeness (QED) is 0.220. The van der Waals surface area contributed by atoms with Gasteiger partial charge in [-0.2, -0.15) is 13.2 Å². The standard InChI is InChI=1S/C25H15Cl2F3N4O3/c1-36-15-4-5-19-16(9-15)21(22(35)20-10-32-24(37-20)18-6-7-31-12-33-18)23(25(28,29)30)34(19)11-13-2-3-14(26)8-17(13)27/h2-10,12H,11H2,1H3. The highest BCUT2D eigenvalue weighted by Crippen LogP contribution is 2.41. The Morgan fingerprint density at radius 2 is 1.92 bits per heavy atom. The Morgan fingerprint density at radius 3 is 2.59 bits per heavy atom. The Kier molecular flexibility index (Phi) is 6.38. The molecule has 2 aromatic carbocycles. The van der Waals surface area contributed by atoms with E-state index >= 15 is 0 Å². The molecule has 0 saturated heterocycles. The molecule has 5 rings (SSSR count). The minimum atomic E-state index is -4.91. The van der Waals surface area contributed by atoms with Gasteiger partial charge in [0.2, 0.25) is 11.7 Å². The molecule has 0 bridgehead atoms. The molecule has 12 heteroatoms. The lowest BCUT2D eigenvalue weighted by Gasteiger charge is -2.15. The molecule has 0 aliphatic heterocycles. The third kappa shape index (κ3) is 4.65. The molecule has 0 fully saturated rings. The highest BCUT2D eigenvalue weighted by Gasteiger charge is 2.42. The Balaban J connectivity index is 1.73. The molecule has 0 N–H and O–H groups in total. The van der Waals surface area contributed by atoms with E-state index in [1.165, 1.54) is 62.1 Å². The van der Waals surface area contributed by atoms with E-state index in [9.17, 15) is 18.0 Å². The first-order valence-corrected chi connectivity index (χ1v) is 11.4. The zero-order valence-corrected chi connectivity index (χ0v) is 20.4. The van der Waals surface area contributed by atoms with Crippen molar-refractivity contribution in [3.05, 3.63) is 93.8 Å². The predicted octanol–water partition coefficient (Wildman–Crippen LogP) is 6.70. The van der Waals surface area contributed by atoms with E-state index in [1.54, 1.807) is 0 Å². The molecule has 37 heavy (non-hydrogen) atoms. The fourth-order valence-electron chi connectivity index (χ4n) is 4.01. The van der Waals surface area contributed by atoms with Crippen molar-refractivity contribution >= 4 is 39.9 Å². The van der Waals surface area contributed by atoms with Crippen molar-refractivity contribution in [3.8, 4) is 17.3 Å². The Hall–Kier alpha value is -3.89. The number of rotatable bonds is 6. The van der Waals surface area contributed by atoms with Crippen LogP contribution in [-0.4, -0.2) is 32.4 Å². The van der Waals surface area contributed by atoms with Gasteiger partial charge in [-0.3, -0.25) is 4.79 Å². The van der Waals surface area contributed by atoms with Crippen LogP contribution < -0.4 is 4.74 Å². The van der Waals surface area contributed by atoms with E-state index in [2.05, 4.69) is 15.0 Å². The van der Waals surface area contributed by atoms with Crippen molar-refractivity contribution in [2.24, 2.45) is 0 Å². The molecule has 0 atom stereocenters. The van der Waals surface area contributed by atoms with Crippen LogP contribution in [0.1, 0.15) is 27.4 Å². The molecule has 0 saturated carbocycles. The molecule has 0 aliphatic carbocycles. The second-order valence-corrected chi connectivity index (χ2v) is 8.72. The summed E-state index contributed by atoms with van der Waals surface area (Å²) in [5, 5.41) is 0.558. The van der Waals surface area contributed by atoms with Crippen molar-refractivity contribution in [1.29, 1.82) is 0 Å². The lowest BCUT2D eigenvalue weighted by molar-refractivity contribution is -0.143. The average Bonchev–Trinajstić information content (AvgIpc) is 3.49. The largest absolute Gasteiger partial charge is 0.497 e. The Morgan fingerprint density at radius 1 is 1.11 bits per heavy atom. The molecule has 0 aliphatic rings. The number of nitrogens with zero attached hydrogens (tertiary/aromatic N) is 4. The number of hydrogen-bond acceptors (Lipinski definition) is 6. The predicted molar refractivity (Wildman–Crippen MR) is 130 cm³/mol. The van der Waals surface area contributed by atoms with Crippen LogP contribution in [0.4, 0.5) is 13.2 Å². The monoisotopic (exact) mass is 546 g/mol. The van der Waals surface area contributed by atoms with Gasteiger partial charge in [0.25, 0.3) is 0 Å². The average molecular weight is 547 g/mol. The van der Waals surface area contributed by atoms with Crippen molar-refractivity contribution in [3.63, 3.8) is 0 Å². The number of alkyl halides is 3. The zero-order valence-electron chi connectivity index (χ0n) is 18.9. The van der Waals surface area contributed by atoms with Gasteiger partial charge in [0.1, 0.15) is 23.5 Å².